The van der Waals surface area contributed by atoms with Crippen LogP contribution >= 0.6 is 15.9 Å². The number of aldehydes is 1. The van der Waals surface area contributed by atoms with Gasteiger partial charge in [0.25, 0.3) is 5.91 Å². The molecule has 0 saturated heterocycles. The molecule has 0 radical (unpaired) electrons. The Morgan fingerprint density at radius 3 is 2.76 bits per heavy atom. The van der Waals surface area contributed by atoms with Crippen molar-refractivity contribution in [3.05, 3.63) is 46.3 Å². The highest BCUT2D eigenvalue weighted by Gasteiger charge is 2.13. The van der Waals surface area contributed by atoms with E-state index < -0.39 is 18.5 Å². The fraction of sp³-hybridized carbons (Fsp3) is 0.188. The minimum atomic E-state index is -0.679. The number of carbonyl (C=O) groups excluding carboxylic acids is 3. The number of ether oxygens (including phenoxy) is 2. The van der Waals surface area contributed by atoms with E-state index in [0.717, 1.165) is 0 Å². The Bertz CT molecular complexity index is 760. The number of hydrogen-bond donors (Lipinski definition) is 2. The first-order valence-electron chi connectivity index (χ1n) is 7.09. The summed E-state index contributed by atoms with van der Waals surface area (Å²) in [5, 5.41) is 4.58. The van der Waals surface area contributed by atoms with Crippen molar-refractivity contribution in [1.29, 1.82) is 0 Å². The molecule has 1 heterocycles. The Kier molecular flexibility index (Phi) is 6.58. The van der Waals surface area contributed by atoms with Gasteiger partial charge in [0.2, 0.25) is 0 Å². The molecule has 2 aromatic rings. The molecule has 8 nitrogen and oxygen atoms in total. The zero-order chi connectivity index (χ0) is 18.2. The number of urea groups is 1. The van der Waals surface area contributed by atoms with Crippen LogP contribution in [0.5, 0.6) is 11.5 Å². The van der Waals surface area contributed by atoms with Gasteiger partial charge in [0.15, 0.2) is 24.4 Å². The lowest BCUT2D eigenvalue weighted by molar-refractivity contribution is -0.122. The molecule has 25 heavy (non-hydrogen) atoms. The average molecular weight is 411 g/mol. The molecule has 1 aromatic carbocycles. The van der Waals surface area contributed by atoms with Gasteiger partial charge in [0.05, 0.1) is 19.9 Å². The van der Waals surface area contributed by atoms with Crippen molar-refractivity contribution in [2.45, 2.75) is 6.54 Å². The third-order valence-corrected chi connectivity index (χ3v) is 3.71. The minimum Gasteiger partial charge on any atom is -0.493 e. The summed E-state index contributed by atoms with van der Waals surface area (Å²) in [7, 11) is 1.43. The summed E-state index contributed by atoms with van der Waals surface area (Å²) in [6.07, 6.45) is 2.12. The molecule has 0 unspecified atom stereocenters. The van der Waals surface area contributed by atoms with Crippen LogP contribution in [0.15, 0.2) is 39.4 Å². The maximum absolute atomic E-state index is 11.8. The molecule has 0 aliphatic carbocycles. The molecule has 2 rings (SSSR count). The van der Waals surface area contributed by atoms with E-state index in [1.807, 2.05) is 0 Å². The lowest BCUT2D eigenvalue weighted by atomic mass is 10.2. The van der Waals surface area contributed by atoms with Crippen LogP contribution in [-0.4, -0.2) is 31.9 Å². The Hall–Kier alpha value is -2.81. The fourth-order valence-electron chi connectivity index (χ4n) is 1.84. The van der Waals surface area contributed by atoms with Gasteiger partial charge in [-0.2, -0.15) is 0 Å². The zero-order valence-electron chi connectivity index (χ0n) is 13.2. The molecular weight excluding hydrogens is 396 g/mol. The molecule has 2 N–H and O–H groups in total. The normalized spacial score (nSPS) is 10.0. The van der Waals surface area contributed by atoms with Gasteiger partial charge in [-0.3, -0.25) is 14.9 Å². The summed E-state index contributed by atoms with van der Waals surface area (Å²) in [5.74, 6) is 0.445. The molecule has 0 spiro atoms. The number of halogens is 1. The number of benzene rings is 1. The highest BCUT2D eigenvalue weighted by Crippen LogP contribution is 2.32. The summed E-state index contributed by atoms with van der Waals surface area (Å²) in [5.41, 5.74) is 0.340. The van der Waals surface area contributed by atoms with Crippen LogP contribution in [-0.2, 0) is 11.3 Å². The van der Waals surface area contributed by atoms with E-state index in [9.17, 15) is 14.4 Å². The van der Waals surface area contributed by atoms with Gasteiger partial charge < -0.3 is 19.2 Å². The van der Waals surface area contributed by atoms with E-state index in [1.165, 1.54) is 19.4 Å². The second kappa shape index (κ2) is 8.88. The second-order valence-electron chi connectivity index (χ2n) is 4.74. The molecule has 0 aliphatic rings. The molecular formula is C16H15BrN2O6. The van der Waals surface area contributed by atoms with Crippen molar-refractivity contribution < 1.29 is 28.3 Å². The second-order valence-corrected chi connectivity index (χ2v) is 5.60. The van der Waals surface area contributed by atoms with E-state index in [2.05, 4.69) is 26.6 Å². The molecule has 9 heteroatoms. The Morgan fingerprint density at radius 2 is 2.12 bits per heavy atom. The Labute approximate surface area is 151 Å². The van der Waals surface area contributed by atoms with E-state index in [4.69, 9.17) is 13.9 Å². The van der Waals surface area contributed by atoms with E-state index in [0.29, 0.717) is 27.8 Å². The predicted molar refractivity (Wildman–Crippen MR) is 90.7 cm³/mol. The van der Waals surface area contributed by atoms with Crippen LogP contribution in [0, 0.1) is 0 Å². The van der Waals surface area contributed by atoms with Gasteiger partial charge in [0, 0.05) is 10.0 Å². The van der Waals surface area contributed by atoms with Crippen molar-refractivity contribution in [2.75, 3.05) is 13.7 Å². The third-order valence-electron chi connectivity index (χ3n) is 3.02. The van der Waals surface area contributed by atoms with Crippen LogP contribution in [0.3, 0.4) is 0 Å². The summed E-state index contributed by atoms with van der Waals surface area (Å²) in [4.78, 5) is 34.3. The molecule has 132 valence electrons. The standard InChI is InChI=1S/C16H15BrN2O6/c1-23-13-6-12(17)10(8-20)5-14(13)25-9-15(21)19-16(22)18-7-11-3-2-4-24-11/h2-6,8H,7,9H2,1H3,(H2,18,19,21,22). The van der Waals surface area contributed by atoms with Crippen molar-refractivity contribution in [1.82, 2.24) is 10.6 Å². The van der Waals surface area contributed by atoms with Crippen molar-refractivity contribution in [3.8, 4) is 11.5 Å². The summed E-state index contributed by atoms with van der Waals surface area (Å²) in [6, 6.07) is 5.68. The Balaban J connectivity index is 1.86. The molecule has 0 saturated carbocycles. The summed E-state index contributed by atoms with van der Waals surface area (Å²) in [6.45, 7) is -0.277. The van der Waals surface area contributed by atoms with Gasteiger partial charge in [0.1, 0.15) is 5.76 Å². The summed E-state index contributed by atoms with van der Waals surface area (Å²) >= 11 is 3.22. The van der Waals surface area contributed by atoms with E-state index in [-0.39, 0.29) is 12.3 Å². The predicted octanol–water partition coefficient (Wildman–Crippen LogP) is 2.27. The molecule has 0 bridgehead atoms. The van der Waals surface area contributed by atoms with Gasteiger partial charge >= 0.3 is 6.03 Å². The maximum atomic E-state index is 11.8. The average Bonchev–Trinajstić information content (AvgIpc) is 3.12. The number of nitrogens with one attached hydrogen (secondary N) is 2. The van der Waals surface area contributed by atoms with Crippen molar-refractivity contribution >= 4 is 34.2 Å². The van der Waals surface area contributed by atoms with Gasteiger partial charge in [-0.05, 0) is 40.2 Å². The quantitative estimate of drug-likeness (QED) is 0.677. The third kappa shape index (κ3) is 5.35. The SMILES string of the molecule is COc1cc(Br)c(C=O)cc1OCC(=O)NC(=O)NCc1ccco1. The maximum Gasteiger partial charge on any atom is 0.321 e. The first-order valence-corrected chi connectivity index (χ1v) is 7.88. The van der Waals surface area contributed by atoms with Crippen LogP contribution in [0.4, 0.5) is 4.79 Å². The lowest BCUT2D eigenvalue weighted by Gasteiger charge is -2.12. The largest absolute Gasteiger partial charge is 0.493 e. The minimum absolute atomic E-state index is 0.149. The first kappa shape index (κ1) is 18.5. The first-order chi connectivity index (χ1) is 12.0. The Morgan fingerprint density at radius 1 is 1.32 bits per heavy atom. The van der Waals surface area contributed by atoms with Crippen LogP contribution in [0.2, 0.25) is 0 Å². The molecule has 3 amide bonds. The molecule has 0 fully saturated rings. The molecule has 0 atom stereocenters. The number of methoxy groups -OCH3 is 1. The van der Waals surface area contributed by atoms with Gasteiger partial charge in [-0.1, -0.05) is 0 Å². The number of carbonyl (C=O) groups is 3. The molecule has 1 aromatic heterocycles. The highest BCUT2D eigenvalue weighted by atomic mass is 79.9. The number of furan rings is 1. The lowest BCUT2D eigenvalue weighted by Crippen LogP contribution is -2.41. The smallest absolute Gasteiger partial charge is 0.321 e. The number of rotatable bonds is 7. The van der Waals surface area contributed by atoms with Gasteiger partial charge in [-0.15, -0.1) is 0 Å². The zero-order valence-corrected chi connectivity index (χ0v) is 14.8. The van der Waals surface area contributed by atoms with Crippen LogP contribution in [0.25, 0.3) is 0 Å². The number of imide groups is 1. The van der Waals surface area contributed by atoms with E-state index >= 15 is 0 Å². The van der Waals surface area contributed by atoms with Crippen LogP contribution in [0.1, 0.15) is 16.1 Å². The topological polar surface area (TPSA) is 107 Å². The van der Waals surface area contributed by atoms with Crippen molar-refractivity contribution in [3.63, 3.8) is 0 Å². The van der Waals surface area contributed by atoms with E-state index in [1.54, 1.807) is 18.2 Å². The van der Waals surface area contributed by atoms with Gasteiger partial charge in [-0.25, -0.2) is 4.79 Å². The fourth-order valence-corrected chi connectivity index (χ4v) is 2.26. The summed E-state index contributed by atoms with van der Waals surface area (Å²) < 4.78 is 16.0. The number of amides is 3. The highest BCUT2D eigenvalue weighted by molar-refractivity contribution is 9.10. The monoisotopic (exact) mass is 410 g/mol. The molecule has 0 aliphatic heterocycles. The number of hydrogen-bond acceptors (Lipinski definition) is 6. The van der Waals surface area contributed by atoms with Crippen LogP contribution < -0.4 is 20.1 Å². The van der Waals surface area contributed by atoms with Crippen molar-refractivity contribution in [2.24, 2.45) is 0 Å².